The van der Waals surface area contributed by atoms with Crippen molar-refractivity contribution >= 4 is 11.6 Å². The summed E-state index contributed by atoms with van der Waals surface area (Å²) in [6.45, 7) is 7.63. The largest absolute Gasteiger partial charge is 0.383 e. The van der Waals surface area contributed by atoms with Crippen molar-refractivity contribution in [3.63, 3.8) is 0 Å². The van der Waals surface area contributed by atoms with E-state index in [1.807, 2.05) is 11.6 Å². The van der Waals surface area contributed by atoms with Gasteiger partial charge in [0, 0.05) is 18.4 Å². The monoisotopic (exact) mass is 230 g/mol. The van der Waals surface area contributed by atoms with Crippen LogP contribution in [-0.2, 0) is 11.3 Å². The highest BCUT2D eigenvalue weighted by Crippen LogP contribution is 2.29. The normalized spacial score (nSPS) is 13.1. The molecule has 1 aromatic heterocycles. The number of hydrogen-bond donors (Lipinski definition) is 0. The van der Waals surface area contributed by atoms with Crippen LogP contribution in [0.4, 0.5) is 0 Å². The molecule has 0 aliphatic rings. The molecular formula is C11H19ClN2O. The summed E-state index contributed by atoms with van der Waals surface area (Å²) in [6, 6.07) is 0. The zero-order valence-electron chi connectivity index (χ0n) is 9.88. The predicted octanol–water partition coefficient (Wildman–Crippen LogP) is 2.84. The van der Waals surface area contributed by atoms with Crippen LogP contribution in [0.5, 0.6) is 0 Å². The zero-order chi connectivity index (χ0) is 11.4. The van der Waals surface area contributed by atoms with Gasteiger partial charge in [-0.3, -0.25) is 4.68 Å². The second-order valence-corrected chi connectivity index (χ2v) is 4.20. The molecule has 3 nitrogen and oxygen atoms in total. The third-order valence-electron chi connectivity index (χ3n) is 2.62. The Morgan fingerprint density at radius 1 is 1.47 bits per heavy atom. The molecule has 0 aliphatic carbocycles. The lowest BCUT2D eigenvalue weighted by Crippen LogP contribution is -2.08. The Labute approximate surface area is 96.4 Å². The predicted molar refractivity (Wildman–Crippen MR) is 62.5 cm³/mol. The molecule has 15 heavy (non-hydrogen) atoms. The van der Waals surface area contributed by atoms with Crippen molar-refractivity contribution in [2.45, 2.75) is 39.1 Å². The highest BCUT2D eigenvalue weighted by Gasteiger charge is 2.17. The van der Waals surface area contributed by atoms with Gasteiger partial charge in [0.2, 0.25) is 0 Å². The van der Waals surface area contributed by atoms with Crippen molar-refractivity contribution in [2.24, 2.45) is 0 Å². The van der Waals surface area contributed by atoms with Crippen molar-refractivity contribution in [1.29, 1.82) is 0 Å². The lowest BCUT2D eigenvalue weighted by Gasteiger charge is -2.08. The highest BCUT2D eigenvalue weighted by atomic mass is 35.5. The molecule has 0 aromatic carbocycles. The third kappa shape index (κ3) is 2.73. The fourth-order valence-electron chi connectivity index (χ4n) is 1.76. The Morgan fingerprint density at radius 3 is 2.67 bits per heavy atom. The van der Waals surface area contributed by atoms with E-state index in [1.54, 1.807) is 7.11 Å². The molecule has 86 valence electrons. The van der Waals surface area contributed by atoms with Crippen LogP contribution < -0.4 is 0 Å². The van der Waals surface area contributed by atoms with E-state index in [0.717, 1.165) is 24.4 Å². The topological polar surface area (TPSA) is 27.1 Å². The first-order valence-electron chi connectivity index (χ1n) is 5.28. The molecule has 1 rings (SSSR count). The van der Waals surface area contributed by atoms with E-state index in [2.05, 4.69) is 18.9 Å². The van der Waals surface area contributed by atoms with Gasteiger partial charge in [-0.05, 0) is 20.3 Å². The molecule has 1 unspecified atom stereocenters. The number of ether oxygens (including phenoxy) is 1. The Balaban J connectivity index is 2.93. The average molecular weight is 231 g/mol. The maximum atomic E-state index is 6.26. The van der Waals surface area contributed by atoms with Crippen LogP contribution in [0, 0.1) is 13.8 Å². The number of halogens is 1. The average Bonchev–Trinajstić information content (AvgIpc) is 2.50. The molecule has 0 spiro atoms. The lowest BCUT2D eigenvalue weighted by molar-refractivity contribution is 0.182. The molecule has 0 radical (unpaired) electrons. The van der Waals surface area contributed by atoms with E-state index < -0.39 is 0 Å². The maximum Gasteiger partial charge on any atom is 0.0658 e. The quantitative estimate of drug-likeness (QED) is 0.728. The van der Waals surface area contributed by atoms with Crippen molar-refractivity contribution in [2.75, 3.05) is 13.7 Å². The van der Waals surface area contributed by atoms with Gasteiger partial charge in [0.05, 0.1) is 24.2 Å². The molecule has 0 amide bonds. The van der Waals surface area contributed by atoms with E-state index in [4.69, 9.17) is 16.3 Å². The van der Waals surface area contributed by atoms with Gasteiger partial charge in [0.25, 0.3) is 0 Å². The number of alkyl halides is 1. The number of methoxy groups -OCH3 is 1. The number of rotatable bonds is 5. The SMILES string of the molecule is CCC(Cl)c1c(C)nn(CCOC)c1C. The van der Waals surface area contributed by atoms with Crippen LogP contribution in [0.3, 0.4) is 0 Å². The van der Waals surface area contributed by atoms with Gasteiger partial charge in [-0.15, -0.1) is 11.6 Å². The first kappa shape index (κ1) is 12.5. The molecular weight excluding hydrogens is 212 g/mol. The number of aromatic nitrogens is 2. The lowest BCUT2D eigenvalue weighted by atomic mass is 10.1. The van der Waals surface area contributed by atoms with Crippen molar-refractivity contribution < 1.29 is 4.74 Å². The van der Waals surface area contributed by atoms with E-state index in [0.29, 0.717) is 6.61 Å². The molecule has 0 N–H and O–H groups in total. The van der Waals surface area contributed by atoms with Crippen LogP contribution >= 0.6 is 11.6 Å². The third-order valence-corrected chi connectivity index (χ3v) is 3.14. The fraction of sp³-hybridized carbons (Fsp3) is 0.727. The number of hydrogen-bond acceptors (Lipinski definition) is 2. The standard InChI is InChI=1S/C11H19ClN2O/c1-5-10(12)11-8(2)13-14(9(11)3)6-7-15-4/h10H,5-7H2,1-4H3. The first-order chi connectivity index (χ1) is 7.11. The zero-order valence-corrected chi connectivity index (χ0v) is 10.6. The molecule has 1 heterocycles. The molecule has 1 atom stereocenters. The van der Waals surface area contributed by atoms with Gasteiger partial charge in [0.1, 0.15) is 0 Å². The van der Waals surface area contributed by atoms with E-state index in [9.17, 15) is 0 Å². The van der Waals surface area contributed by atoms with Gasteiger partial charge >= 0.3 is 0 Å². The van der Waals surface area contributed by atoms with Gasteiger partial charge in [-0.2, -0.15) is 5.10 Å². The minimum Gasteiger partial charge on any atom is -0.383 e. The highest BCUT2D eigenvalue weighted by molar-refractivity contribution is 6.20. The summed E-state index contributed by atoms with van der Waals surface area (Å²) in [5.41, 5.74) is 3.37. The van der Waals surface area contributed by atoms with Crippen molar-refractivity contribution in [3.8, 4) is 0 Å². The molecule has 0 fully saturated rings. The second kappa shape index (κ2) is 5.52. The minimum absolute atomic E-state index is 0.0706. The maximum absolute atomic E-state index is 6.26. The van der Waals surface area contributed by atoms with Crippen LogP contribution in [0.15, 0.2) is 0 Å². The fourth-order valence-corrected chi connectivity index (χ4v) is 2.08. The Kier molecular flexibility index (Phi) is 4.61. The summed E-state index contributed by atoms with van der Waals surface area (Å²) in [5, 5.41) is 4.54. The smallest absolute Gasteiger partial charge is 0.0658 e. The first-order valence-corrected chi connectivity index (χ1v) is 5.72. The van der Waals surface area contributed by atoms with Crippen molar-refractivity contribution in [1.82, 2.24) is 9.78 Å². The van der Waals surface area contributed by atoms with Gasteiger partial charge in [-0.1, -0.05) is 6.92 Å². The summed E-state index contributed by atoms with van der Waals surface area (Å²) in [6.07, 6.45) is 0.930. The van der Waals surface area contributed by atoms with E-state index >= 15 is 0 Å². The van der Waals surface area contributed by atoms with Gasteiger partial charge in [0.15, 0.2) is 0 Å². The van der Waals surface area contributed by atoms with Crippen LogP contribution in [0.2, 0.25) is 0 Å². The van der Waals surface area contributed by atoms with Crippen molar-refractivity contribution in [3.05, 3.63) is 17.0 Å². The molecule has 1 aromatic rings. The van der Waals surface area contributed by atoms with E-state index in [-0.39, 0.29) is 5.38 Å². The summed E-state index contributed by atoms with van der Waals surface area (Å²) >= 11 is 6.26. The Morgan fingerprint density at radius 2 is 2.13 bits per heavy atom. The van der Waals surface area contributed by atoms with Crippen LogP contribution in [0.1, 0.15) is 35.7 Å². The minimum atomic E-state index is 0.0706. The molecule has 4 heteroatoms. The number of aryl methyl sites for hydroxylation is 1. The Bertz CT molecular complexity index is 323. The summed E-state index contributed by atoms with van der Waals surface area (Å²) in [7, 11) is 1.70. The molecule has 0 saturated heterocycles. The summed E-state index contributed by atoms with van der Waals surface area (Å²) in [4.78, 5) is 0. The van der Waals surface area contributed by atoms with Gasteiger partial charge in [-0.25, -0.2) is 0 Å². The summed E-state index contributed by atoms with van der Waals surface area (Å²) < 4.78 is 7.01. The van der Waals surface area contributed by atoms with Crippen LogP contribution in [-0.4, -0.2) is 23.5 Å². The molecule has 0 bridgehead atoms. The van der Waals surface area contributed by atoms with Crippen LogP contribution in [0.25, 0.3) is 0 Å². The second-order valence-electron chi connectivity index (χ2n) is 3.68. The van der Waals surface area contributed by atoms with Gasteiger partial charge < -0.3 is 4.74 Å². The number of nitrogens with zero attached hydrogens (tertiary/aromatic N) is 2. The molecule has 0 aliphatic heterocycles. The molecule has 0 saturated carbocycles. The van der Waals surface area contributed by atoms with E-state index in [1.165, 1.54) is 5.56 Å². The Hall–Kier alpha value is -0.540. The summed E-state index contributed by atoms with van der Waals surface area (Å²) in [5.74, 6) is 0.